The Balaban J connectivity index is 2.12. The lowest BCUT2D eigenvalue weighted by molar-refractivity contribution is 0.183. The number of H-pyrrole nitrogens is 1. The molecule has 0 aliphatic heterocycles. The van der Waals surface area contributed by atoms with Gasteiger partial charge >= 0.3 is 0 Å². The highest BCUT2D eigenvalue weighted by Gasteiger charge is 2.10. The molecule has 5 heteroatoms. The van der Waals surface area contributed by atoms with Crippen LogP contribution in [-0.2, 0) is 19.5 Å². The Hall–Kier alpha value is -2.11. The van der Waals surface area contributed by atoms with E-state index in [0.717, 1.165) is 42.3 Å². The molecule has 124 valence electrons. The lowest BCUT2D eigenvalue weighted by Crippen LogP contribution is -2.26. The zero-order chi connectivity index (χ0) is 16.7. The van der Waals surface area contributed by atoms with Gasteiger partial charge in [-0.3, -0.25) is 4.90 Å². The molecule has 0 amide bonds. The van der Waals surface area contributed by atoms with Gasteiger partial charge in [0.05, 0.1) is 13.7 Å². The molecule has 0 unspecified atom stereocenters. The number of aliphatic hydroxyl groups is 1. The Bertz CT molecular complexity index is 637. The van der Waals surface area contributed by atoms with Crippen LogP contribution in [0.2, 0.25) is 0 Å². The number of benzene rings is 1. The Kier molecular flexibility index (Phi) is 6.38. The molecular formula is C18H25N3O2. The quantitative estimate of drug-likeness (QED) is 0.698. The second-order valence-corrected chi connectivity index (χ2v) is 5.57. The number of imidazole rings is 1. The number of hydrogen-bond donors (Lipinski definition) is 2. The van der Waals surface area contributed by atoms with Gasteiger partial charge in [-0.1, -0.05) is 18.2 Å². The van der Waals surface area contributed by atoms with Crippen molar-refractivity contribution in [1.82, 2.24) is 14.9 Å². The van der Waals surface area contributed by atoms with Gasteiger partial charge in [0.1, 0.15) is 11.6 Å². The molecule has 2 aromatic rings. The molecule has 1 aromatic carbocycles. The van der Waals surface area contributed by atoms with E-state index in [1.165, 1.54) is 5.56 Å². The molecule has 0 atom stereocenters. The van der Waals surface area contributed by atoms with Gasteiger partial charge in [0.25, 0.3) is 0 Å². The molecule has 0 aliphatic carbocycles. The van der Waals surface area contributed by atoms with Gasteiger partial charge in [0.2, 0.25) is 0 Å². The summed E-state index contributed by atoms with van der Waals surface area (Å²) >= 11 is 0. The van der Waals surface area contributed by atoms with Crippen molar-refractivity contribution in [2.24, 2.45) is 0 Å². The minimum Gasteiger partial charge on any atom is -0.496 e. The van der Waals surface area contributed by atoms with Crippen molar-refractivity contribution in [3.05, 3.63) is 59.7 Å². The normalized spacial score (nSPS) is 11.0. The molecule has 2 rings (SSSR count). The number of hydrogen-bond acceptors (Lipinski definition) is 4. The van der Waals surface area contributed by atoms with Crippen LogP contribution in [0.1, 0.15) is 22.6 Å². The van der Waals surface area contributed by atoms with E-state index < -0.39 is 0 Å². The third-order valence-corrected chi connectivity index (χ3v) is 3.68. The number of rotatable bonds is 9. The lowest BCUT2D eigenvalue weighted by atomic mass is 10.1. The van der Waals surface area contributed by atoms with Gasteiger partial charge in [-0.05, 0) is 30.5 Å². The monoisotopic (exact) mass is 315 g/mol. The molecule has 0 saturated carbocycles. The molecule has 0 radical (unpaired) electrons. The Morgan fingerprint density at radius 1 is 1.39 bits per heavy atom. The third-order valence-electron chi connectivity index (χ3n) is 3.68. The summed E-state index contributed by atoms with van der Waals surface area (Å²) in [6.45, 7) is 7.96. The Morgan fingerprint density at radius 3 is 2.83 bits per heavy atom. The second-order valence-electron chi connectivity index (χ2n) is 5.57. The molecule has 1 heterocycles. The first-order valence-corrected chi connectivity index (χ1v) is 7.76. The highest BCUT2D eigenvalue weighted by atomic mass is 16.5. The van der Waals surface area contributed by atoms with Gasteiger partial charge in [0, 0.05) is 31.5 Å². The summed E-state index contributed by atoms with van der Waals surface area (Å²) in [6, 6.07) is 6.20. The maximum absolute atomic E-state index is 9.32. The van der Waals surface area contributed by atoms with Gasteiger partial charge in [-0.2, -0.15) is 0 Å². The third kappa shape index (κ3) is 4.94. The van der Waals surface area contributed by atoms with Crippen LogP contribution < -0.4 is 4.74 Å². The van der Waals surface area contributed by atoms with Gasteiger partial charge in [0.15, 0.2) is 0 Å². The van der Waals surface area contributed by atoms with Crippen molar-refractivity contribution in [2.75, 3.05) is 20.3 Å². The maximum Gasteiger partial charge on any atom is 0.122 e. The van der Waals surface area contributed by atoms with Crippen molar-refractivity contribution >= 4 is 0 Å². The molecule has 23 heavy (non-hydrogen) atoms. The Morgan fingerprint density at radius 2 is 2.22 bits per heavy atom. The first kappa shape index (κ1) is 17.2. The van der Waals surface area contributed by atoms with Crippen molar-refractivity contribution in [3.8, 4) is 5.75 Å². The van der Waals surface area contributed by atoms with E-state index in [2.05, 4.69) is 33.6 Å². The highest BCUT2D eigenvalue weighted by molar-refractivity contribution is 5.38. The largest absolute Gasteiger partial charge is 0.496 e. The smallest absolute Gasteiger partial charge is 0.122 e. The van der Waals surface area contributed by atoms with Crippen molar-refractivity contribution < 1.29 is 9.84 Å². The minimum absolute atomic E-state index is 0.128. The van der Waals surface area contributed by atoms with E-state index in [0.29, 0.717) is 6.54 Å². The fraction of sp³-hybridized carbons (Fsp3) is 0.389. The van der Waals surface area contributed by atoms with Crippen molar-refractivity contribution in [2.45, 2.75) is 26.4 Å². The van der Waals surface area contributed by atoms with Crippen LogP contribution in [0.15, 0.2) is 37.1 Å². The zero-order valence-electron chi connectivity index (χ0n) is 13.9. The summed E-state index contributed by atoms with van der Waals surface area (Å²) in [7, 11) is 1.68. The van der Waals surface area contributed by atoms with E-state index in [1.54, 1.807) is 7.11 Å². The number of aromatic amines is 1. The average Bonchev–Trinajstić information content (AvgIpc) is 2.93. The zero-order valence-corrected chi connectivity index (χ0v) is 13.9. The predicted molar refractivity (Wildman–Crippen MR) is 91.4 cm³/mol. The summed E-state index contributed by atoms with van der Waals surface area (Å²) in [5.74, 6) is 1.79. The molecule has 2 N–H and O–H groups in total. The SMILES string of the molecule is C=CCc1cc(CN(CCO)Cc2cnc(C)[nH]2)ccc1OC. The number of aryl methyl sites for hydroxylation is 1. The molecule has 0 spiro atoms. The standard InChI is InChI=1S/C18H25N3O2/c1-4-5-16-10-15(6-7-18(16)23-3)12-21(8-9-22)13-17-11-19-14(2)20-17/h4,6-7,10-11,22H,1,5,8-9,12-13H2,2-3H3,(H,19,20). The van der Waals surface area contributed by atoms with E-state index in [-0.39, 0.29) is 6.61 Å². The fourth-order valence-electron chi connectivity index (χ4n) is 2.65. The van der Waals surface area contributed by atoms with E-state index in [4.69, 9.17) is 4.74 Å². The second kappa shape index (κ2) is 8.50. The van der Waals surface area contributed by atoms with Crippen LogP contribution in [0.4, 0.5) is 0 Å². The van der Waals surface area contributed by atoms with Gasteiger partial charge in [-0.15, -0.1) is 6.58 Å². The van der Waals surface area contributed by atoms with Crippen molar-refractivity contribution in [3.63, 3.8) is 0 Å². The first-order valence-electron chi connectivity index (χ1n) is 7.76. The lowest BCUT2D eigenvalue weighted by Gasteiger charge is -2.21. The molecule has 5 nitrogen and oxygen atoms in total. The topological polar surface area (TPSA) is 61.4 Å². The summed E-state index contributed by atoms with van der Waals surface area (Å²) < 4.78 is 5.39. The van der Waals surface area contributed by atoms with Gasteiger partial charge in [-0.25, -0.2) is 4.98 Å². The number of aromatic nitrogens is 2. The summed E-state index contributed by atoms with van der Waals surface area (Å²) in [5.41, 5.74) is 3.37. The summed E-state index contributed by atoms with van der Waals surface area (Å²) in [4.78, 5) is 9.65. The Labute approximate surface area is 137 Å². The minimum atomic E-state index is 0.128. The molecule has 0 fully saturated rings. The van der Waals surface area contributed by atoms with E-state index in [9.17, 15) is 5.11 Å². The maximum atomic E-state index is 9.32. The molecule has 0 aliphatic rings. The van der Waals surface area contributed by atoms with Crippen LogP contribution in [0.25, 0.3) is 0 Å². The van der Waals surface area contributed by atoms with Crippen LogP contribution >= 0.6 is 0 Å². The number of allylic oxidation sites excluding steroid dienone is 1. The number of nitrogens with zero attached hydrogens (tertiary/aromatic N) is 2. The fourth-order valence-corrected chi connectivity index (χ4v) is 2.65. The molecule has 1 aromatic heterocycles. The summed E-state index contributed by atoms with van der Waals surface area (Å²) in [5, 5.41) is 9.32. The van der Waals surface area contributed by atoms with Crippen LogP contribution in [0.5, 0.6) is 5.75 Å². The van der Waals surface area contributed by atoms with Crippen LogP contribution in [0.3, 0.4) is 0 Å². The van der Waals surface area contributed by atoms with E-state index in [1.807, 2.05) is 25.3 Å². The number of methoxy groups -OCH3 is 1. The number of nitrogens with one attached hydrogen (secondary N) is 1. The number of aliphatic hydroxyl groups excluding tert-OH is 1. The molecular weight excluding hydrogens is 290 g/mol. The predicted octanol–water partition coefficient (Wildman–Crippen LogP) is 2.45. The van der Waals surface area contributed by atoms with Crippen molar-refractivity contribution in [1.29, 1.82) is 0 Å². The average molecular weight is 315 g/mol. The highest BCUT2D eigenvalue weighted by Crippen LogP contribution is 2.22. The molecule has 0 bridgehead atoms. The van der Waals surface area contributed by atoms with Crippen LogP contribution in [-0.4, -0.2) is 40.2 Å². The van der Waals surface area contributed by atoms with E-state index >= 15 is 0 Å². The number of ether oxygens (including phenoxy) is 1. The summed E-state index contributed by atoms with van der Waals surface area (Å²) in [6.07, 6.45) is 4.49. The molecule has 0 saturated heterocycles. The van der Waals surface area contributed by atoms with Crippen LogP contribution in [0, 0.1) is 6.92 Å². The first-order chi connectivity index (χ1) is 11.2. The van der Waals surface area contributed by atoms with Gasteiger partial charge < -0.3 is 14.8 Å².